The molecule has 15 heavy (non-hydrogen) atoms. The van der Waals surface area contributed by atoms with Crippen molar-refractivity contribution in [3.8, 4) is 0 Å². The van der Waals surface area contributed by atoms with Gasteiger partial charge in [-0.25, -0.2) is 0 Å². The van der Waals surface area contributed by atoms with Crippen molar-refractivity contribution in [2.45, 2.75) is 51.5 Å². The Kier molecular flexibility index (Phi) is 2.87. The van der Waals surface area contributed by atoms with Crippen molar-refractivity contribution in [3.63, 3.8) is 0 Å². The summed E-state index contributed by atoms with van der Waals surface area (Å²) in [5, 5.41) is 0. The Morgan fingerprint density at radius 1 is 1.13 bits per heavy atom. The molecule has 0 aliphatic heterocycles. The SMILES string of the molecule is Cc1ccc(C)n1C1(CN)CCCCC1. The van der Waals surface area contributed by atoms with Crippen molar-refractivity contribution in [3.05, 3.63) is 23.5 Å². The summed E-state index contributed by atoms with van der Waals surface area (Å²) in [4.78, 5) is 0. The molecule has 1 aliphatic carbocycles. The summed E-state index contributed by atoms with van der Waals surface area (Å²) in [6.07, 6.45) is 6.53. The number of aryl methyl sites for hydroxylation is 2. The molecule has 1 aliphatic rings. The van der Waals surface area contributed by atoms with Gasteiger partial charge >= 0.3 is 0 Å². The van der Waals surface area contributed by atoms with Crippen LogP contribution in [0.2, 0.25) is 0 Å². The van der Waals surface area contributed by atoms with E-state index in [1.54, 1.807) is 0 Å². The fraction of sp³-hybridized carbons (Fsp3) is 0.692. The van der Waals surface area contributed by atoms with E-state index in [-0.39, 0.29) is 5.54 Å². The van der Waals surface area contributed by atoms with E-state index in [2.05, 4.69) is 30.5 Å². The van der Waals surface area contributed by atoms with Gasteiger partial charge in [0.1, 0.15) is 0 Å². The molecule has 2 rings (SSSR count). The first-order valence-electron chi connectivity index (χ1n) is 6.05. The van der Waals surface area contributed by atoms with E-state index in [9.17, 15) is 0 Å². The van der Waals surface area contributed by atoms with Crippen LogP contribution >= 0.6 is 0 Å². The lowest BCUT2D eigenvalue weighted by Gasteiger charge is -2.40. The highest BCUT2D eigenvalue weighted by Gasteiger charge is 2.33. The van der Waals surface area contributed by atoms with E-state index < -0.39 is 0 Å². The fourth-order valence-corrected chi connectivity index (χ4v) is 3.15. The number of hydrogen-bond donors (Lipinski definition) is 1. The molecule has 1 aromatic rings. The van der Waals surface area contributed by atoms with Gasteiger partial charge < -0.3 is 10.3 Å². The van der Waals surface area contributed by atoms with E-state index in [1.165, 1.54) is 43.5 Å². The molecule has 2 nitrogen and oxygen atoms in total. The van der Waals surface area contributed by atoms with Gasteiger partial charge in [0.25, 0.3) is 0 Å². The number of nitrogens with zero attached hydrogens (tertiary/aromatic N) is 1. The number of hydrogen-bond acceptors (Lipinski definition) is 1. The zero-order valence-electron chi connectivity index (χ0n) is 9.92. The molecule has 0 amide bonds. The van der Waals surface area contributed by atoms with E-state index >= 15 is 0 Å². The molecular weight excluding hydrogens is 184 g/mol. The second-order valence-corrected chi connectivity index (χ2v) is 4.94. The first kappa shape index (κ1) is 10.7. The summed E-state index contributed by atoms with van der Waals surface area (Å²) in [5.74, 6) is 0. The summed E-state index contributed by atoms with van der Waals surface area (Å²) in [6.45, 7) is 5.17. The molecular formula is C13H22N2. The van der Waals surface area contributed by atoms with Gasteiger partial charge in [-0.05, 0) is 38.8 Å². The highest BCUT2D eigenvalue weighted by atomic mass is 15.1. The van der Waals surface area contributed by atoms with Crippen molar-refractivity contribution < 1.29 is 0 Å². The van der Waals surface area contributed by atoms with Crippen LogP contribution in [0.5, 0.6) is 0 Å². The first-order valence-corrected chi connectivity index (χ1v) is 6.05. The Hall–Kier alpha value is -0.760. The van der Waals surface area contributed by atoms with Crippen LogP contribution in [0.25, 0.3) is 0 Å². The van der Waals surface area contributed by atoms with E-state index in [1.807, 2.05) is 0 Å². The molecule has 0 saturated heterocycles. The lowest BCUT2D eigenvalue weighted by atomic mass is 9.81. The summed E-state index contributed by atoms with van der Waals surface area (Å²) in [7, 11) is 0. The molecule has 0 aromatic carbocycles. The third kappa shape index (κ3) is 1.71. The van der Waals surface area contributed by atoms with E-state index in [0.29, 0.717) is 0 Å². The van der Waals surface area contributed by atoms with E-state index in [0.717, 1.165) is 6.54 Å². The molecule has 1 aromatic heterocycles. The first-order chi connectivity index (χ1) is 7.19. The fourth-order valence-electron chi connectivity index (χ4n) is 3.15. The van der Waals surface area contributed by atoms with Crippen molar-refractivity contribution >= 4 is 0 Å². The van der Waals surface area contributed by atoms with Gasteiger partial charge in [0, 0.05) is 17.9 Å². The molecule has 84 valence electrons. The monoisotopic (exact) mass is 206 g/mol. The summed E-state index contributed by atoms with van der Waals surface area (Å²) < 4.78 is 2.48. The number of rotatable bonds is 2. The van der Waals surface area contributed by atoms with Crippen molar-refractivity contribution in [2.75, 3.05) is 6.54 Å². The molecule has 0 bridgehead atoms. The smallest absolute Gasteiger partial charge is 0.0566 e. The Morgan fingerprint density at radius 2 is 1.67 bits per heavy atom. The third-order valence-electron chi connectivity index (χ3n) is 3.91. The second-order valence-electron chi connectivity index (χ2n) is 4.94. The van der Waals surface area contributed by atoms with Gasteiger partial charge in [0.15, 0.2) is 0 Å². The molecule has 1 fully saturated rings. The zero-order chi connectivity index (χ0) is 10.9. The highest BCUT2D eigenvalue weighted by molar-refractivity contribution is 5.18. The third-order valence-corrected chi connectivity index (χ3v) is 3.91. The van der Waals surface area contributed by atoms with Crippen molar-refractivity contribution in [1.82, 2.24) is 4.57 Å². The van der Waals surface area contributed by atoms with Crippen LogP contribution in [0.4, 0.5) is 0 Å². The molecule has 2 N–H and O–H groups in total. The molecule has 0 atom stereocenters. The maximum absolute atomic E-state index is 6.05. The van der Waals surface area contributed by atoms with Gasteiger partial charge in [-0.15, -0.1) is 0 Å². The minimum absolute atomic E-state index is 0.218. The van der Waals surface area contributed by atoms with Crippen molar-refractivity contribution in [1.29, 1.82) is 0 Å². The summed E-state index contributed by atoms with van der Waals surface area (Å²) >= 11 is 0. The molecule has 0 radical (unpaired) electrons. The maximum atomic E-state index is 6.05. The van der Waals surface area contributed by atoms with Gasteiger partial charge in [-0.3, -0.25) is 0 Å². The quantitative estimate of drug-likeness (QED) is 0.792. The molecule has 1 heterocycles. The van der Waals surface area contributed by atoms with Gasteiger partial charge in [0.2, 0.25) is 0 Å². The summed E-state index contributed by atoms with van der Waals surface area (Å²) in [6, 6.07) is 4.42. The predicted molar refractivity (Wildman–Crippen MR) is 64.0 cm³/mol. The Morgan fingerprint density at radius 3 is 2.13 bits per heavy atom. The second kappa shape index (κ2) is 4.01. The average molecular weight is 206 g/mol. The number of aromatic nitrogens is 1. The highest BCUT2D eigenvalue weighted by Crippen LogP contribution is 2.36. The van der Waals surface area contributed by atoms with Crippen LogP contribution in [0.15, 0.2) is 12.1 Å². The van der Waals surface area contributed by atoms with Crippen LogP contribution < -0.4 is 5.73 Å². The standard InChI is InChI=1S/C13H22N2/c1-11-6-7-12(2)15(11)13(10-14)8-4-3-5-9-13/h6-7H,3-5,8-10,14H2,1-2H3. The lowest BCUT2D eigenvalue weighted by molar-refractivity contribution is 0.196. The number of nitrogens with two attached hydrogens (primary N) is 1. The van der Waals surface area contributed by atoms with Crippen LogP contribution in [-0.4, -0.2) is 11.1 Å². The Bertz CT molecular complexity index is 313. The minimum atomic E-state index is 0.218. The van der Waals surface area contributed by atoms with Gasteiger partial charge in [-0.1, -0.05) is 19.3 Å². The minimum Gasteiger partial charge on any atom is -0.342 e. The normalized spacial score (nSPS) is 20.5. The zero-order valence-corrected chi connectivity index (χ0v) is 9.92. The molecule has 2 heteroatoms. The van der Waals surface area contributed by atoms with Crippen LogP contribution in [0.1, 0.15) is 43.5 Å². The maximum Gasteiger partial charge on any atom is 0.0566 e. The van der Waals surface area contributed by atoms with E-state index in [4.69, 9.17) is 5.73 Å². The summed E-state index contributed by atoms with van der Waals surface area (Å²) in [5.41, 5.74) is 8.99. The molecule has 1 saturated carbocycles. The van der Waals surface area contributed by atoms with Crippen LogP contribution in [0, 0.1) is 13.8 Å². The molecule has 0 unspecified atom stereocenters. The largest absolute Gasteiger partial charge is 0.342 e. The predicted octanol–water partition coefficient (Wildman–Crippen LogP) is 2.72. The Balaban J connectivity index is 2.40. The Labute approximate surface area is 92.5 Å². The average Bonchev–Trinajstić information content (AvgIpc) is 2.60. The topological polar surface area (TPSA) is 30.9 Å². The van der Waals surface area contributed by atoms with Crippen LogP contribution in [-0.2, 0) is 5.54 Å². The molecule has 0 spiro atoms. The van der Waals surface area contributed by atoms with Crippen LogP contribution in [0.3, 0.4) is 0 Å². The lowest BCUT2D eigenvalue weighted by Crippen LogP contribution is -2.43. The van der Waals surface area contributed by atoms with Gasteiger partial charge in [0.05, 0.1) is 5.54 Å². The van der Waals surface area contributed by atoms with Crippen molar-refractivity contribution in [2.24, 2.45) is 5.73 Å². The van der Waals surface area contributed by atoms with Gasteiger partial charge in [-0.2, -0.15) is 0 Å².